The average molecular weight is 283 g/mol. The van der Waals surface area contributed by atoms with Crippen molar-refractivity contribution >= 4 is 23.0 Å². The number of imidazole rings is 1. The predicted molar refractivity (Wildman–Crippen MR) is 78.2 cm³/mol. The highest BCUT2D eigenvalue weighted by Crippen LogP contribution is 2.20. The molecule has 0 bridgehead atoms. The Labute approximate surface area is 120 Å². The van der Waals surface area contributed by atoms with Crippen LogP contribution in [0.4, 0.5) is 5.95 Å². The Kier molecular flexibility index (Phi) is 3.23. The number of hydrogen-bond donors (Lipinski definition) is 3. The van der Waals surface area contributed by atoms with E-state index in [0.717, 1.165) is 12.1 Å². The predicted octanol–water partition coefficient (Wildman–Crippen LogP) is 2.15. The number of fused-ring (bicyclic) bond motifs is 1. The van der Waals surface area contributed by atoms with E-state index in [1.807, 2.05) is 6.92 Å². The summed E-state index contributed by atoms with van der Waals surface area (Å²) < 4.78 is 0. The number of carboxylic acids is 1. The SMILES string of the molecule is CCNc1ncc(-c2nc3ccc(C(=O)O)cc3[nH]2)cn1. The van der Waals surface area contributed by atoms with Crippen LogP contribution in [0.25, 0.3) is 22.4 Å². The van der Waals surface area contributed by atoms with E-state index in [2.05, 4.69) is 25.3 Å². The van der Waals surface area contributed by atoms with Gasteiger partial charge in [-0.3, -0.25) is 0 Å². The average Bonchev–Trinajstić information content (AvgIpc) is 2.91. The lowest BCUT2D eigenvalue weighted by molar-refractivity contribution is 0.0697. The normalized spacial score (nSPS) is 10.7. The van der Waals surface area contributed by atoms with Crippen molar-refractivity contribution in [2.75, 3.05) is 11.9 Å². The molecule has 2 heterocycles. The highest BCUT2D eigenvalue weighted by molar-refractivity contribution is 5.92. The Balaban J connectivity index is 1.98. The van der Waals surface area contributed by atoms with Crippen LogP contribution in [0, 0.1) is 0 Å². The number of rotatable bonds is 4. The molecule has 7 nitrogen and oxygen atoms in total. The first-order valence-electron chi connectivity index (χ1n) is 6.46. The monoisotopic (exact) mass is 283 g/mol. The number of carboxylic acid groups (broad SMARTS) is 1. The molecule has 0 saturated carbocycles. The van der Waals surface area contributed by atoms with Crippen molar-refractivity contribution in [1.29, 1.82) is 0 Å². The smallest absolute Gasteiger partial charge is 0.335 e. The summed E-state index contributed by atoms with van der Waals surface area (Å²) in [5.74, 6) is 0.201. The van der Waals surface area contributed by atoms with Crippen LogP contribution < -0.4 is 5.32 Å². The molecule has 0 aliphatic rings. The van der Waals surface area contributed by atoms with E-state index in [-0.39, 0.29) is 5.56 Å². The van der Waals surface area contributed by atoms with Gasteiger partial charge in [0.15, 0.2) is 0 Å². The molecule has 7 heteroatoms. The second kappa shape index (κ2) is 5.20. The molecular formula is C14H13N5O2. The van der Waals surface area contributed by atoms with Gasteiger partial charge in [-0.25, -0.2) is 19.7 Å². The third-order valence-electron chi connectivity index (χ3n) is 2.99. The number of benzene rings is 1. The number of H-pyrrole nitrogens is 1. The molecule has 3 aromatic rings. The van der Waals surface area contributed by atoms with E-state index in [1.54, 1.807) is 24.5 Å². The molecule has 106 valence electrons. The standard InChI is InChI=1S/C14H13N5O2/c1-2-15-14-16-6-9(7-17-14)12-18-10-4-3-8(13(20)21)5-11(10)19-12/h3-7H,2H2,1H3,(H,18,19)(H,20,21)(H,15,16,17). The number of carbonyl (C=O) groups is 1. The van der Waals surface area contributed by atoms with Crippen LogP contribution in [0.3, 0.4) is 0 Å². The van der Waals surface area contributed by atoms with Crippen LogP contribution in [0.1, 0.15) is 17.3 Å². The first-order valence-corrected chi connectivity index (χ1v) is 6.46. The van der Waals surface area contributed by atoms with Gasteiger partial charge >= 0.3 is 5.97 Å². The summed E-state index contributed by atoms with van der Waals surface area (Å²) in [6.07, 6.45) is 3.33. The van der Waals surface area contributed by atoms with E-state index in [1.165, 1.54) is 6.07 Å². The summed E-state index contributed by atoms with van der Waals surface area (Å²) >= 11 is 0. The minimum absolute atomic E-state index is 0.219. The van der Waals surface area contributed by atoms with E-state index in [4.69, 9.17) is 5.11 Å². The molecule has 21 heavy (non-hydrogen) atoms. The molecule has 0 spiro atoms. The summed E-state index contributed by atoms with van der Waals surface area (Å²) in [6.45, 7) is 2.72. The number of aromatic nitrogens is 4. The summed E-state index contributed by atoms with van der Waals surface area (Å²) in [7, 11) is 0. The molecule has 0 fully saturated rings. The van der Waals surface area contributed by atoms with Crippen molar-refractivity contribution < 1.29 is 9.90 Å². The molecule has 0 amide bonds. The summed E-state index contributed by atoms with van der Waals surface area (Å²) in [6, 6.07) is 4.76. The van der Waals surface area contributed by atoms with Gasteiger partial charge in [0.1, 0.15) is 5.82 Å². The van der Waals surface area contributed by atoms with Crippen molar-refractivity contribution in [3.8, 4) is 11.4 Å². The van der Waals surface area contributed by atoms with Crippen LogP contribution in [0.2, 0.25) is 0 Å². The zero-order chi connectivity index (χ0) is 14.8. The molecule has 0 saturated heterocycles. The third-order valence-corrected chi connectivity index (χ3v) is 2.99. The third kappa shape index (κ3) is 2.53. The zero-order valence-corrected chi connectivity index (χ0v) is 11.3. The molecule has 3 N–H and O–H groups in total. The Morgan fingerprint density at radius 2 is 2.10 bits per heavy atom. The van der Waals surface area contributed by atoms with Crippen molar-refractivity contribution in [2.45, 2.75) is 6.92 Å². The van der Waals surface area contributed by atoms with Crippen LogP contribution >= 0.6 is 0 Å². The summed E-state index contributed by atoms with van der Waals surface area (Å²) in [4.78, 5) is 26.8. The lowest BCUT2D eigenvalue weighted by atomic mass is 10.2. The number of aromatic amines is 1. The molecule has 1 aromatic carbocycles. The van der Waals surface area contributed by atoms with Gasteiger partial charge in [0.05, 0.1) is 22.2 Å². The first-order chi connectivity index (χ1) is 10.2. The Bertz CT molecular complexity index is 795. The zero-order valence-electron chi connectivity index (χ0n) is 11.3. The molecule has 0 unspecified atom stereocenters. The van der Waals surface area contributed by atoms with Crippen molar-refractivity contribution in [3.63, 3.8) is 0 Å². The van der Waals surface area contributed by atoms with Gasteiger partial charge in [-0.15, -0.1) is 0 Å². The Morgan fingerprint density at radius 1 is 1.33 bits per heavy atom. The van der Waals surface area contributed by atoms with Gasteiger partial charge in [0.2, 0.25) is 5.95 Å². The van der Waals surface area contributed by atoms with E-state index in [0.29, 0.717) is 22.8 Å². The van der Waals surface area contributed by atoms with Crippen molar-refractivity contribution in [1.82, 2.24) is 19.9 Å². The van der Waals surface area contributed by atoms with Gasteiger partial charge in [-0.1, -0.05) is 0 Å². The molecule has 2 aromatic heterocycles. The Hall–Kier alpha value is -2.96. The van der Waals surface area contributed by atoms with E-state index in [9.17, 15) is 4.79 Å². The van der Waals surface area contributed by atoms with Gasteiger partial charge in [-0.05, 0) is 25.1 Å². The fourth-order valence-corrected chi connectivity index (χ4v) is 1.98. The lowest BCUT2D eigenvalue weighted by Crippen LogP contribution is -2.01. The largest absolute Gasteiger partial charge is 0.478 e. The number of nitrogens with one attached hydrogen (secondary N) is 2. The molecule has 0 aliphatic carbocycles. The van der Waals surface area contributed by atoms with Gasteiger partial charge in [-0.2, -0.15) is 0 Å². The summed E-state index contributed by atoms with van der Waals surface area (Å²) in [5, 5.41) is 12.0. The van der Waals surface area contributed by atoms with Gasteiger partial charge in [0.25, 0.3) is 0 Å². The summed E-state index contributed by atoms with van der Waals surface area (Å²) in [5.41, 5.74) is 2.33. The fraction of sp³-hybridized carbons (Fsp3) is 0.143. The Morgan fingerprint density at radius 3 is 2.76 bits per heavy atom. The minimum Gasteiger partial charge on any atom is -0.478 e. The number of nitrogens with zero attached hydrogens (tertiary/aromatic N) is 3. The fourth-order valence-electron chi connectivity index (χ4n) is 1.98. The molecule has 0 atom stereocenters. The highest BCUT2D eigenvalue weighted by Gasteiger charge is 2.09. The maximum Gasteiger partial charge on any atom is 0.335 e. The topological polar surface area (TPSA) is 104 Å². The second-order valence-corrected chi connectivity index (χ2v) is 4.45. The van der Waals surface area contributed by atoms with E-state index >= 15 is 0 Å². The maximum absolute atomic E-state index is 11.0. The van der Waals surface area contributed by atoms with Crippen LogP contribution in [0.5, 0.6) is 0 Å². The van der Waals surface area contributed by atoms with Gasteiger partial charge < -0.3 is 15.4 Å². The lowest BCUT2D eigenvalue weighted by Gasteiger charge is -2.00. The molecule has 0 aliphatic heterocycles. The van der Waals surface area contributed by atoms with Crippen molar-refractivity contribution in [2.24, 2.45) is 0 Å². The highest BCUT2D eigenvalue weighted by atomic mass is 16.4. The molecule has 0 radical (unpaired) electrons. The minimum atomic E-state index is -0.966. The quantitative estimate of drug-likeness (QED) is 0.677. The van der Waals surface area contributed by atoms with Crippen molar-refractivity contribution in [3.05, 3.63) is 36.2 Å². The van der Waals surface area contributed by atoms with Crippen LogP contribution in [0.15, 0.2) is 30.6 Å². The second-order valence-electron chi connectivity index (χ2n) is 4.45. The van der Waals surface area contributed by atoms with Gasteiger partial charge in [0, 0.05) is 18.9 Å². The molecular weight excluding hydrogens is 270 g/mol. The molecule has 3 rings (SSSR count). The number of hydrogen-bond acceptors (Lipinski definition) is 5. The maximum atomic E-state index is 11.0. The van der Waals surface area contributed by atoms with E-state index < -0.39 is 5.97 Å². The van der Waals surface area contributed by atoms with Crippen LogP contribution in [-0.2, 0) is 0 Å². The van der Waals surface area contributed by atoms with Crippen LogP contribution in [-0.4, -0.2) is 37.6 Å². The number of aromatic carboxylic acids is 1. The number of anilines is 1. The first kappa shape index (κ1) is 13.0.